The molecule has 0 saturated carbocycles. The van der Waals surface area contributed by atoms with Crippen LogP contribution in [0.1, 0.15) is 18.4 Å². The van der Waals surface area contributed by atoms with Gasteiger partial charge < -0.3 is 5.73 Å². The Bertz CT molecular complexity index is 603. The second kappa shape index (κ2) is 6.36. The van der Waals surface area contributed by atoms with Crippen LogP contribution in [0.15, 0.2) is 35.7 Å². The van der Waals surface area contributed by atoms with E-state index < -0.39 is 10.0 Å². The van der Waals surface area contributed by atoms with Crippen molar-refractivity contribution in [1.29, 1.82) is 5.26 Å². The van der Waals surface area contributed by atoms with Gasteiger partial charge in [0.2, 0.25) is 10.0 Å². The maximum absolute atomic E-state index is 12.3. The van der Waals surface area contributed by atoms with E-state index in [0.29, 0.717) is 18.7 Å². The predicted molar refractivity (Wildman–Crippen MR) is 74.8 cm³/mol. The summed E-state index contributed by atoms with van der Waals surface area (Å²) < 4.78 is 25.9. The van der Waals surface area contributed by atoms with Crippen molar-refractivity contribution in [3.63, 3.8) is 0 Å². The normalized spacial score (nSPS) is 11.2. The average molecular weight is 279 g/mol. The molecule has 0 spiro atoms. The van der Waals surface area contributed by atoms with E-state index in [2.05, 4.69) is 6.58 Å². The number of unbranched alkanes of at least 4 members (excludes halogenated alkanes) is 1. The summed E-state index contributed by atoms with van der Waals surface area (Å²) in [5, 5.41) is 9.00. The van der Waals surface area contributed by atoms with Gasteiger partial charge in [0.25, 0.3) is 0 Å². The molecule has 19 heavy (non-hydrogen) atoms. The molecule has 0 fully saturated rings. The number of anilines is 1. The van der Waals surface area contributed by atoms with Gasteiger partial charge in [-0.1, -0.05) is 6.08 Å². The zero-order valence-corrected chi connectivity index (χ0v) is 11.7. The highest BCUT2D eigenvalue weighted by atomic mass is 32.2. The van der Waals surface area contributed by atoms with Crippen molar-refractivity contribution in [1.82, 2.24) is 4.31 Å². The van der Waals surface area contributed by atoms with Crippen molar-refractivity contribution in [3.05, 3.63) is 36.4 Å². The first-order valence-electron chi connectivity index (χ1n) is 5.80. The smallest absolute Gasteiger partial charge is 0.244 e. The number of nitrogens with zero attached hydrogens (tertiary/aromatic N) is 2. The SMILES string of the molecule is C=CCCCN(C)S(=O)(=O)c1ccc(N)cc1C#N. The van der Waals surface area contributed by atoms with Gasteiger partial charge in [-0.3, -0.25) is 0 Å². The van der Waals surface area contributed by atoms with Gasteiger partial charge in [0.15, 0.2) is 0 Å². The van der Waals surface area contributed by atoms with Crippen molar-refractivity contribution in [2.75, 3.05) is 19.3 Å². The van der Waals surface area contributed by atoms with Gasteiger partial charge >= 0.3 is 0 Å². The molecule has 0 saturated heterocycles. The van der Waals surface area contributed by atoms with Crippen molar-refractivity contribution in [2.45, 2.75) is 17.7 Å². The lowest BCUT2D eigenvalue weighted by atomic mass is 10.2. The standard InChI is InChI=1S/C13H17N3O2S/c1-3-4-5-8-16(2)19(17,18)13-7-6-12(15)9-11(13)10-14/h3,6-7,9H,1,4-5,8,15H2,2H3. The highest BCUT2D eigenvalue weighted by molar-refractivity contribution is 7.89. The van der Waals surface area contributed by atoms with E-state index in [1.54, 1.807) is 6.08 Å². The summed E-state index contributed by atoms with van der Waals surface area (Å²) >= 11 is 0. The molecule has 0 aromatic heterocycles. The van der Waals surface area contributed by atoms with Crippen molar-refractivity contribution >= 4 is 15.7 Å². The number of hydrogen-bond donors (Lipinski definition) is 1. The van der Waals surface area contributed by atoms with Crippen LogP contribution in [0.4, 0.5) is 5.69 Å². The molecule has 1 aromatic rings. The van der Waals surface area contributed by atoms with Gasteiger partial charge in [0.1, 0.15) is 11.0 Å². The molecule has 2 N–H and O–H groups in total. The van der Waals surface area contributed by atoms with Crippen LogP contribution in [-0.4, -0.2) is 26.3 Å². The van der Waals surface area contributed by atoms with E-state index in [9.17, 15) is 8.42 Å². The first-order valence-corrected chi connectivity index (χ1v) is 7.24. The Kier molecular flexibility index (Phi) is 5.10. The maximum Gasteiger partial charge on any atom is 0.244 e. The van der Waals surface area contributed by atoms with Crippen molar-refractivity contribution in [3.8, 4) is 6.07 Å². The molecule has 1 rings (SSSR count). The zero-order chi connectivity index (χ0) is 14.5. The van der Waals surface area contributed by atoms with E-state index in [4.69, 9.17) is 11.0 Å². The highest BCUT2D eigenvalue weighted by Crippen LogP contribution is 2.21. The second-order valence-electron chi connectivity index (χ2n) is 4.12. The van der Waals surface area contributed by atoms with Gasteiger partial charge in [0, 0.05) is 19.3 Å². The monoisotopic (exact) mass is 279 g/mol. The highest BCUT2D eigenvalue weighted by Gasteiger charge is 2.23. The molecule has 0 bridgehead atoms. The third kappa shape index (κ3) is 3.56. The van der Waals surface area contributed by atoms with E-state index in [0.717, 1.165) is 6.42 Å². The molecule has 0 heterocycles. The molecule has 1 aromatic carbocycles. The summed E-state index contributed by atoms with van der Waals surface area (Å²) in [7, 11) is -2.16. The number of nitrogens with two attached hydrogens (primary N) is 1. The fraction of sp³-hybridized carbons (Fsp3) is 0.308. The average Bonchev–Trinajstić information content (AvgIpc) is 2.38. The van der Waals surface area contributed by atoms with E-state index in [1.165, 1.54) is 29.6 Å². The lowest BCUT2D eigenvalue weighted by Gasteiger charge is -2.17. The first kappa shape index (κ1) is 15.2. The molecule has 0 aliphatic carbocycles. The predicted octanol–water partition coefficient (Wildman–Crippen LogP) is 1.73. The van der Waals surface area contributed by atoms with Crippen molar-refractivity contribution < 1.29 is 8.42 Å². The minimum atomic E-state index is -3.66. The lowest BCUT2D eigenvalue weighted by Crippen LogP contribution is -2.28. The van der Waals surface area contributed by atoms with Gasteiger partial charge in [-0.2, -0.15) is 5.26 Å². The van der Waals surface area contributed by atoms with Crippen LogP contribution in [0.5, 0.6) is 0 Å². The van der Waals surface area contributed by atoms with Crippen LogP contribution < -0.4 is 5.73 Å². The first-order chi connectivity index (χ1) is 8.93. The van der Waals surface area contributed by atoms with Gasteiger partial charge in [-0.05, 0) is 31.0 Å². The fourth-order valence-electron chi connectivity index (χ4n) is 1.61. The Morgan fingerprint density at radius 1 is 1.53 bits per heavy atom. The molecule has 0 aliphatic rings. The molecular formula is C13H17N3O2S. The van der Waals surface area contributed by atoms with Crippen LogP contribution in [0.3, 0.4) is 0 Å². The molecule has 0 aliphatic heterocycles. The number of nitriles is 1. The minimum absolute atomic E-state index is 0.00898. The fourth-order valence-corrected chi connectivity index (χ4v) is 2.93. The van der Waals surface area contributed by atoms with Crippen molar-refractivity contribution in [2.24, 2.45) is 0 Å². The number of sulfonamides is 1. The summed E-state index contributed by atoms with van der Waals surface area (Å²) in [5.74, 6) is 0. The van der Waals surface area contributed by atoms with Crippen LogP contribution >= 0.6 is 0 Å². The van der Waals surface area contributed by atoms with Crippen LogP contribution in [0.25, 0.3) is 0 Å². The Labute approximate surface area is 114 Å². The summed E-state index contributed by atoms with van der Waals surface area (Å²) in [4.78, 5) is -0.00898. The number of hydrogen-bond acceptors (Lipinski definition) is 4. The number of nitrogen functional groups attached to an aromatic ring is 1. The molecule has 5 nitrogen and oxygen atoms in total. The van der Waals surface area contributed by atoms with Gasteiger partial charge in [-0.15, -0.1) is 6.58 Å². The van der Waals surface area contributed by atoms with Crippen LogP contribution in [-0.2, 0) is 10.0 Å². The number of rotatable bonds is 6. The Morgan fingerprint density at radius 2 is 2.21 bits per heavy atom. The summed E-state index contributed by atoms with van der Waals surface area (Å²) in [6, 6.07) is 6.07. The van der Waals surface area contributed by atoms with E-state index in [-0.39, 0.29) is 10.5 Å². The molecule has 0 amide bonds. The van der Waals surface area contributed by atoms with Gasteiger partial charge in [-0.25, -0.2) is 12.7 Å². The molecule has 0 radical (unpaired) electrons. The zero-order valence-electron chi connectivity index (χ0n) is 10.8. The maximum atomic E-state index is 12.3. The summed E-state index contributed by atoms with van der Waals surface area (Å²) in [6.45, 7) is 3.97. The van der Waals surface area contributed by atoms with Crippen LogP contribution in [0, 0.1) is 11.3 Å². The van der Waals surface area contributed by atoms with Gasteiger partial charge in [0.05, 0.1) is 5.56 Å². The molecule has 6 heteroatoms. The molecule has 0 atom stereocenters. The summed E-state index contributed by atoms with van der Waals surface area (Å²) in [5.41, 5.74) is 5.98. The minimum Gasteiger partial charge on any atom is -0.399 e. The Morgan fingerprint density at radius 3 is 2.79 bits per heavy atom. The summed E-state index contributed by atoms with van der Waals surface area (Å²) in [6.07, 6.45) is 3.17. The van der Waals surface area contributed by atoms with E-state index in [1.807, 2.05) is 6.07 Å². The molecule has 102 valence electrons. The number of benzene rings is 1. The number of allylic oxidation sites excluding steroid dienone is 1. The second-order valence-corrected chi connectivity index (χ2v) is 6.14. The lowest BCUT2D eigenvalue weighted by molar-refractivity contribution is 0.462. The quantitative estimate of drug-likeness (QED) is 0.488. The largest absolute Gasteiger partial charge is 0.399 e. The van der Waals surface area contributed by atoms with Crippen LogP contribution in [0.2, 0.25) is 0 Å². The molecule has 0 unspecified atom stereocenters. The molecular weight excluding hydrogens is 262 g/mol. The Hall–Kier alpha value is -1.84. The third-order valence-electron chi connectivity index (χ3n) is 2.69. The van der Waals surface area contributed by atoms with E-state index >= 15 is 0 Å². The Balaban J connectivity index is 3.07. The third-order valence-corrected chi connectivity index (χ3v) is 4.61. The topological polar surface area (TPSA) is 87.2 Å².